The molecule has 0 N–H and O–H groups in total. The standard InChI is InChI=1S/C7H5BrF2.C4H10F3NS/c8-6-3-1-5(2-4-6)7(9)10;1-3-8(4-2)9(5,6)7/h1-4,7H;3-4H2,1-2H3. The smallest absolute Gasteiger partial charge is 0.205 e. The quantitative estimate of drug-likeness (QED) is 0.582. The van der Waals surface area contributed by atoms with Crippen LogP contribution in [0.1, 0.15) is 25.8 Å². The molecule has 0 bridgehead atoms. The second-order valence-corrected chi connectivity index (χ2v) is 5.54. The van der Waals surface area contributed by atoms with Gasteiger partial charge < -0.3 is 0 Å². The summed E-state index contributed by atoms with van der Waals surface area (Å²) in [7, 11) is 0. The zero-order chi connectivity index (χ0) is 15.1. The minimum atomic E-state index is -4.93. The van der Waals surface area contributed by atoms with E-state index in [1.807, 2.05) is 0 Å². The zero-order valence-electron chi connectivity index (χ0n) is 10.4. The van der Waals surface area contributed by atoms with Crippen LogP contribution in [0, 0.1) is 0 Å². The van der Waals surface area contributed by atoms with Crippen molar-refractivity contribution in [1.82, 2.24) is 4.31 Å². The summed E-state index contributed by atoms with van der Waals surface area (Å²) in [4.78, 5) is 0. The summed E-state index contributed by atoms with van der Waals surface area (Å²) in [6, 6.07) is 5.99. The molecular weight excluding hydrogens is 353 g/mol. The van der Waals surface area contributed by atoms with Crippen molar-refractivity contribution in [2.75, 3.05) is 13.1 Å². The van der Waals surface area contributed by atoms with Gasteiger partial charge in [-0.15, -0.1) is 11.7 Å². The fraction of sp³-hybridized carbons (Fsp3) is 0.455. The second-order valence-electron chi connectivity index (χ2n) is 3.35. The third kappa shape index (κ3) is 7.74. The number of halogens is 6. The Hall–Kier alpha value is -0.340. The van der Waals surface area contributed by atoms with Gasteiger partial charge in [-0.3, -0.25) is 0 Å². The van der Waals surface area contributed by atoms with Crippen LogP contribution in [-0.4, -0.2) is 17.4 Å². The van der Waals surface area contributed by atoms with E-state index in [1.54, 1.807) is 12.1 Å². The van der Waals surface area contributed by atoms with Gasteiger partial charge in [0.15, 0.2) is 0 Å². The highest BCUT2D eigenvalue weighted by Gasteiger charge is 2.27. The molecule has 0 unspecified atom stereocenters. The second kappa shape index (κ2) is 8.76. The van der Waals surface area contributed by atoms with Crippen LogP contribution in [0.15, 0.2) is 28.7 Å². The fourth-order valence-electron chi connectivity index (χ4n) is 1.12. The Morgan fingerprint density at radius 3 is 1.68 bits per heavy atom. The van der Waals surface area contributed by atoms with Gasteiger partial charge in [-0.25, -0.2) is 8.78 Å². The molecule has 8 heteroatoms. The Bertz CT molecular complexity index is 351. The molecule has 0 amide bonds. The highest BCUT2D eigenvalue weighted by molar-refractivity contribution is 9.10. The van der Waals surface area contributed by atoms with Crippen LogP contribution < -0.4 is 0 Å². The molecule has 1 rings (SSSR count). The lowest BCUT2D eigenvalue weighted by Gasteiger charge is -2.23. The number of nitrogens with zero attached hydrogens (tertiary/aromatic N) is 1. The Balaban J connectivity index is 0.000000344. The van der Waals surface area contributed by atoms with Crippen LogP contribution in [0.4, 0.5) is 20.4 Å². The molecule has 0 aliphatic rings. The van der Waals surface area contributed by atoms with Gasteiger partial charge in [0.1, 0.15) is 0 Å². The minimum Gasteiger partial charge on any atom is -0.205 e. The molecular formula is C11H15BrF5NS. The predicted octanol–water partition coefficient (Wildman–Crippen LogP) is 6.09. The van der Waals surface area contributed by atoms with Crippen LogP contribution in [0.2, 0.25) is 0 Å². The molecule has 0 spiro atoms. The van der Waals surface area contributed by atoms with E-state index in [-0.39, 0.29) is 18.7 Å². The van der Waals surface area contributed by atoms with Gasteiger partial charge in [-0.1, -0.05) is 41.9 Å². The first-order valence-electron chi connectivity index (χ1n) is 5.43. The molecule has 19 heavy (non-hydrogen) atoms. The molecule has 1 aromatic rings. The van der Waals surface area contributed by atoms with Crippen molar-refractivity contribution in [2.45, 2.75) is 20.3 Å². The first-order valence-corrected chi connectivity index (χ1v) is 7.51. The lowest BCUT2D eigenvalue weighted by atomic mass is 10.2. The first kappa shape index (κ1) is 18.7. The Labute approximate surface area is 120 Å². The van der Waals surface area contributed by atoms with Crippen molar-refractivity contribution < 1.29 is 20.4 Å². The van der Waals surface area contributed by atoms with E-state index >= 15 is 0 Å². The van der Waals surface area contributed by atoms with Crippen molar-refractivity contribution in [3.05, 3.63) is 34.3 Å². The summed E-state index contributed by atoms with van der Waals surface area (Å²) in [5, 5.41) is 0. The molecule has 0 heterocycles. The van der Waals surface area contributed by atoms with Gasteiger partial charge in [0.2, 0.25) is 0 Å². The van der Waals surface area contributed by atoms with Gasteiger partial charge in [0.05, 0.1) is 0 Å². The van der Waals surface area contributed by atoms with E-state index in [2.05, 4.69) is 15.9 Å². The highest BCUT2D eigenvalue weighted by Crippen LogP contribution is 2.55. The van der Waals surface area contributed by atoms with E-state index in [0.717, 1.165) is 4.47 Å². The summed E-state index contributed by atoms with van der Waals surface area (Å²) in [5.74, 6) is 0. The van der Waals surface area contributed by atoms with Gasteiger partial charge in [-0.05, 0) is 12.1 Å². The van der Waals surface area contributed by atoms with Crippen molar-refractivity contribution in [3.63, 3.8) is 0 Å². The predicted molar refractivity (Wildman–Crippen MR) is 72.9 cm³/mol. The zero-order valence-corrected chi connectivity index (χ0v) is 12.8. The summed E-state index contributed by atoms with van der Waals surface area (Å²) in [6.45, 7) is 3.14. The van der Waals surface area contributed by atoms with Crippen LogP contribution in [-0.2, 0) is 0 Å². The number of hydrogen-bond acceptors (Lipinski definition) is 1. The lowest BCUT2D eigenvalue weighted by molar-refractivity contribution is 0.151. The average Bonchev–Trinajstić information content (AvgIpc) is 2.30. The molecule has 0 saturated carbocycles. The number of rotatable bonds is 4. The topological polar surface area (TPSA) is 3.24 Å². The van der Waals surface area contributed by atoms with E-state index in [4.69, 9.17) is 0 Å². The van der Waals surface area contributed by atoms with E-state index in [0.29, 0.717) is 4.31 Å². The number of alkyl halides is 2. The van der Waals surface area contributed by atoms with Crippen molar-refractivity contribution in [3.8, 4) is 0 Å². The first-order chi connectivity index (χ1) is 8.72. The molecule has 0 radical (unpaired) electrons. The molecule has 112 valence electrons. The average molecular weight is 368 g/mol. The van der Waals surface area contributed by atoms with Crippen LogP contribution in [0.25, 0.3) is 0 Å². The maximum atomic E-state index is 11.9. The van der Waals surface area contributed by atoms with Crippen molar-refractivity contribution >= 4 is 27.3 Å². The van der Waals surface area contributed by atoms with Crippen LogP contribution in [0.5, 0.6) is 0 Å². The fourth-order valence-corrected chi connectivity index (χ4v) is 1.97. The lowest BCUT2D eigenvalue weighted by Crippen LogP contribution is -2.19. The summed E-state index contributed by atoms with van der Waals surface area (Å²) in [5.41, 5.74) is 0.0585. The molecule has 1 aromatic carbocycles. The summed E-state index contributed by atoms with van der Waals surface area (Å²) in [6.07, 6.45) is -2.37. The molecule has 1 nitrogen and oxygen atoms in total. The molecule has 0 aliphatic heterocycles. The molecule has 0 atom stereocenters. The number of hydrogen-bond donors (Lipinski definition) is 0. The van der Waals surface area contributed by atoms with Gasteiger partial charge >= 0.3 is 0 Å². The maximum Gasteiger partial charge on any atom is 0.278 e. The monoisotopic (exact) mass is 367 g/mol. The van der Waals surface area contributed by atoms with Crippen molar-refractivity contribution in [1.29, 1.82) is 0 Å². The SMILES string of the molecule is CCN(CC)S(F)(F)F.FC(F)c1ccc(Br)cc1. The highest BCUT2D eigenvalue weighted by atomic mass is 79.9. The van der Waals surface area contributed by atoms with Gasteiger partial charge in [0.25, 0.3) is 17.8 Å². The van der Waals surface area contributed by atoms with Crippen molar-refractivity contribution in [2.24, 2.45) is 0 Å². The van der Waals surface area contributed by atoms with E-state index in [1.165, 1.54) is 26.0 Å². The van der Waals surface area contributed by atoms with E-state index in [9.17, 15) is 20.4 Å². The maximum absolute atomic E-state index is 11.9. The van der Waals surface area contributed by atoms with Crippen LogP contribution >= 0.6 is 27.3 Å². The summed E-state index contributed by atoms with van der Waals surface area (Å²) >= 11 is -1.78. The van der Waals surface area contributed by atoms with Gasteiger partial charge in [-0.2, -0.15) is 4.31 Å². The normalized spacial score (nSPS) is 12.3. The minimum absolute atomic E-state index is 0.0585. The largest absolute Gasteiger partial charge is 0.278 e. The van der Waals surface area contributed by atoms with Gasteiger partial charge in [0, 0.05) is 23.1 Å². The van der Waals surface area contributed by atoms with Crippen LogP contribution in [0.3, 0.4) is 0 Å². The Morgan fingerprint density at radius 2 is 1.47 bits per heavy atom. The number of benzene rings is 1. The molecule has 0 fully saturated rings. The molecule has 0 saturated heterocycles. The third-order valence-corrected chi connectivity index (χ3v) is 3.75. The Kier molecular flexibility index (Phi) is 8.60. The Morgan fingerprint density at radius 1 is 1.05 bits per heavy atom. The molecule has 0 aromatic heterocycles. The third-order valence-electron chi connectivity index (χ3n) is 2.12. The molecule has 0 aliphatic carbocycles. The van der Waals surface area contributed by atoms with E-state index < -0.39 is 17.8 Å². The summed E-state index contributed by atoms with van der Waals surface area (Å²) < 4.78 is 60.3.